The fourth-order valence-electron chi connectivity index (χ4n) is 2.26. The molecule has 1 aromatic carbocycles. The molecule has 0 N–H and O–H groups in total. The first kappa shape index (κ1) is 15.5. The van der Waals surface area contributed by atoms with Gasteiger partial charge >= 0.3 is 6.18 Å². The van der Waals surface area contributed by atoms with Crippen LogP contribution >= 0.6 is 0 Å². The number of nitrogens with zero attached hydrogens (tertiary/aromatic N) is 2. The van der Waals surface area contributed by atoms with E-state index in [9.17, 15) is 18.0 Å². The van der Waals surface area contributed by atoms with Crippen molar-refractivity contribution in [3.63, 3.8) is 0 Å². The van der Waals surface area contributed by atoms with E-state index in [0.29, 0.717) is 31.9 Å². The summed E-state index contributed by atoms with van der Waals surface area (Å²) in [6.45, 7) is 2.47. The maximum atomic E-state index is 12.3. The molecule has 1 aliphatic heterocycles. The van der Waals surface area contributed by atoms with Crippen molar-refractivity contribution in [2.75, 3.05) is 37.7 Å². The molecule has 0 aromatic heterocycles. The van der Waals surface area contributed by atoms with Crippen molar-refractivity contribution < 1.29 is 22.7 Å². The van der Waals surface area contributed by atoms with Gasteiger partial charge in [-0.05, 0) is 12.1 Å². The van der Waals surface area contributed by atoms with Crippen LogP contribution in [0.2, 0.25) is 0 Å². The third-order valence-electron chi connectivity index (χ3n) is 3.32. The standard InChI is InChI=1S/C14H17F3N2O2/c1-11(20)18-6-8-19(9-7-18)12-4-2-3-5-13(12)21-10-14(15,16)17/h2-5H,6-10H2,1H3. The maximum Gasteiger partial charge on any atom is 0.422 e. The summed E-state index contributed by atoms with van der Waals surface area (Å²) in [6.07, 6.45) is -4.36. The molecule has 0 radical (unpaired) electrons. The van der Waals surface area contributed by atoms with Gasteiger partial charge in [0.1, 0.15) is 5.75 Å². The molecular formula is C14H17F3N2O2. The van der Waals surface area contributed by atoms with E-state index in [0.717, 1.165) is 0 Å². The number of carbonyl (C=O) groups is 1. The van der Waals surface area contributed by atoms with E-state index in [1.54, 1.807) is 23.1 Å². The lowest BCUT2D eigenvalue weighted by molar-refractivity contribution is -0.153. The normalized spacial score (nSPS) is 16.0. The van der Waals surface area contributed by atoms with Crippen LogP contribution in [0.4, 0.5) is 18.9 Å². The number of hydrogen-bond acceptors (Lipinski definition) is 3. The molecule has 1 amide bonds. The summed E-state index contributed by atoms with van der Waals surface area (Å²) >= 11 is 0. The number of carbonyl (C=O) groups excluding carboxylic acids is 1. The van der Waals surface area contributed by atoms with Gasteiger partial charge in [0.15, 0.2) is 6.61 Å². The molecule has 0 bridgehead atoms. The first-order valence-corrected chi connectivity index (χ1v) is 6.66. The van der Waals surface area contributed by atoms with Crippen LogP contribution in [0, 0.1) is 0 Å². The minimum Gasteiger partial charge on any atom is -0.482 e. The van der Waals surface area contributed by atoms with Gasteiger partial charge in [0, 0.05) is 33.1 Å². The van der Waals surface area contributed by atoms with Gasteiger partial charge in [-0.3, -0.25) is 4.79 Å². The third-order valence-corrected chi connectivity index (χ3v) is 3.32. The predicted molar refractivity (Wildman–Crippen MR) is 72.5 cm³/mol. The van der Waals surface area contributed by atoms with E-state index in [1.165, 1.54) is 13.0 Å². The summed E-state index contributed by atoms with van der Waals surface area (Å²) in [5.41, 5.74) is 0.630. The lowest BCUT2D eigenvalue weighted by atomic mass is 10.2. The molecule has 7 heteroatoms. The fourth-order valence-corrected chi connectivity index (χ4v) is 2.26. The second-order valence-electron chi connectivity index (χ2n) is 4.86. The van der Waals surface area contributed by atoms with Crippen LogP contribution in [0.5, 0.6) is 5.75 Å². The van der Waals surface area contributed by atoms with Gasteiger partial charge < -0.3 is 14.5 Å². The zero-order valence-corrected chi connectivity index (χ0v) is 11.7. The minimum atomic E-state index is -4.36. The van der Waals surface area contributed by atoms with Gasteiger partial charge in [-0.15, -0.1) is 0 Å². The Morgan fingerprint density at radius 1 is 1.19 bits per heavy atom. The molecule has 0 atom stereocenters. The van der Waals surface area contributed by atoms with E-state index < -0.39 is 12.8 Å². The second kappa shape index (κ2) is 6.24. The predicted octanol–water partition coefficient (Wildman–Crippen LogP) is 2.30. The molecule has 1 aromatic rings. The van der Waals surface area contributed by atoms with Gasteiger partial charge in [0.2, 0.25) is 5.91 Å². The van der Waals surface area contributed by atoms with Gasteiger partial charge in [0.25, 0.3) is 0 Å². The molecule has 0 unspecified atom stereocenters. The van der Waals surface area contributed by atoms with Crippen LogP contribution in [0.25, 0.3) is 0 Å². The molecule has 1 saturated heterocycles. The molecule has 2 rings (SSSR count). The lowest BCUT2D eigenvalue weighted by Gasteiger charge is -2.36. The molecule has 0 spiro atoms. The number of alkyl halides is 3. The van der Waals surface area contributed by atoms with E-state index in [1.807, 2.05) is 4.90 Å². The molecular weight excluding hydrogens is 285 g/mol. The minimum absolute atomic E-state index is 0.0104. The summed E-state index contributed by atoms with van der Waals surface area (Å²) in [5, 5.41) is 0. The highest BCUT2D eigenvalue weighted by atomic mass is 19.4. The van der Waals surface area contributed by atoms with Gasteiger partial charge in [-0.2, -0.15) is 13.2 Å². The molecule has 1 fully saturated rings. The van der Waals surface area contributed by atoms with Crippen LogP contribution in [0.3, 0.4) is 0 Å². The average molecular weight is 302 g/mol. The van der Waals surface area contributed by atoms with Crippen LogP contribution in [0.1, 0.15) is 6.92 Å². The van der Waals surface area contributed by atoms with Crippen molar-refractivity contribution in [1.29, 1.82) is 0 Å². The summed E-state index contributed by atoms with van der Waals surface area (Å²) in [7, 11) is 0. The van der Waals surface area contributed by atoms with Gasteiger partial charge in [0.05, 0.1) is 5.69 Å². The average Bonchev–Trinajstić information content (AvgIpc) is 2.45. The van der Waals surface area contributed by atoms with Crippen molar-refractivity contribution >= 4 is 11.6 Å². The summed E-state index contributed by atoms with van der Waals surface area (Å²) in [6, 6.07) is 6.65. The highest BCUT2D eigenvalue weighted by Crippen LogP contribution is 2.30. The number of rotatable bonds is 3. The molecule has 21 heavy (non-hydrogen) atoms. The summed E-state index contributed by atoms with van der Waals surface area (Å²) in [4.78, 5) is 14.9. The van der Waals surface area contributed by atoms with Crippen LogP contribution in [-0.2, 0) is 4.79 Å². The fraction of sp³-hybridized carbons (Fsp3) is 0.500. The Kier molecular flexibility index (Phi) is 4.59. The first-order valence-electron chi connectivity index (χ1n) is 6.66. The monoisotopic (exact) mass is 302 g/mol. The number of ether oxygens (including phenoxy) is 1. The molecule has 116 valence electrons. The van der Waals surface area contributed by atoms with Crippen LogP contribution in [0.15, 0.2) is 24.3 Å². The van der Waals surface area contributed by atoms with Crippen molar-refractivity contribution in [2.45, 2.75) is 13.1 Å². The molecule has 0 saturated carbocycles. The number of hydrogen-bond donors (Lipinski definition) is 0. The lowest BCUT2D eigenvalue weighted by Crippen LogP contribution is -2.48. The third kappa shape index (κ3) is 4.27. The second-order valence-corrected chi connectivity index (χ2v) is 4.86. The number of benzene rings is 1. The largest absolute Gasteiger partial charge is 0.482 e. The van der Waals surface area contributed by atoms with Crippen molar-refractivity contribution in [1.82, 2.24) is 4.90 Å². The SMILES string of the molecule is CC(=O)N1CCN(c2ccccc2OCC(F)(F)F)CC1. The van der Waals surface area contributed by atoms with Crippen molar-refractivity contribution in [3.8, 4) is 5.75 Å². The van der Waals surface area contributed by atoms with Gasteiger partial charge in [-0.25, -0.2) is 0 Å². The van der Waals surface area contributed by atoms with E-state index in [2.05, 4.69) is 0 Å². The molecule has 1 heterocycles. The van der Waals surface area contributed by atoms with Gasteiger partial charge in [-0.1, -0.05) is 12.1 Å². The quantitative estimate of drug-likeness (QED) is 0.859. The Morgan fingerprint density at radius 2 is 1.81 bits per heavy atom. The Morgan fingerprint density at radius 3 is 2.38 bits per heavy atom. The topological polar surface area (TPSA) is 32.8 Å². The van der Waals surface area contributed by atoms with Crippen molar-refractivity contribution in [2.24, 2.45) is 0 Å². The maximum absolute atomic E-state index is 12.3. The Bertz CT molecular complexity index is 497. The van der Waals surface area contributed by atoms with Crippen LogP contribution < -0.4 is 9.64 Å². The van der Waals surface area contributed by atoms with E-state index in [-0.39, 0.29) is 11.7 Å². The smallest absolute Gasteiger partial charge is 0.422 e. The highest BCUT2D eigenvalue weighted by Gasteiger charge is 2.29. The summed E-state index contributed by atoms with van der Waals surface area (Å²) < 4.78 is 41.7. The zero-order valence-electron chi connectivity index (χ0n) is 11.7. The summed E-state index contributed by atoms with van der Waals surface area (Å²) in [5.74, 6) is 0.224. The Labute approximate surface area is 121 Å². The zero-order chi connectivity index (χ0) is 15.5. The number of para-hydroxylation sites is 2. The van der Waals surface area contributed by atoms with E-state index >= 15 is 0 Å². The molecule has 1 aliphatic rings. The van der Waals surface area contributed by atoms with Crippen molar-refractivity contribution in [3.05, 3.63) is 24.3 Å². The number of anilines is 1. The first-order chi connectivity index (χ1) is 9.87. The molecule has 0 aliphatic carbocycles. The highest BCUT2D eigenvalue weighted by molar-refractivity contribution is 5.73. The van der Waals surface area contributed by atoms with Crippen LogP contribution in [-0.4, -0.2) is 49.8 Å². The Hall–Kier alpha value is -1.92. The van der Waals surface area contributed by atoms with E-state index in [4.69, 9.17) is 4.74 Å². The Balaban J connectivity index is 2.05. The number of piperazine rings is 1. The number of halogens is 3. The molecule has 4 nitrogen and oxygen atoms in total. The number of amides is 1.